The Morgan fingerprint density at radius 1 is 1.10 bits per heavy atom. The van der Waals surface area contributed by atoms with Gasteiger partial charge in [-0.05, 0) is 0 Å². The van der Waals surface area contributed by atoms with Gasteiger partial charge in [-0.25, -0.2) is 0 Å². The zero-order chi connectivity index (χ0) is 14.2. The van der Waals surface area contributed by atoms with E-state index in [1.54, 1.807) is 0 Å². The molecule has 2 fully saturated rings. The molecule has 9 heteroatoms. The molecule has 0 aromatic carbocycles. The zero-order valence-corrected chi connectivity index (χ0v) is 10.7. The monoisotopic (exact) mass is 293 g/mol. The van der Waals surface area contributed by atoms with Crippen LogP contribution in [0.2, 0.25) is 0 Å². The van der Waals surface area contributed by atoms with Gasteiger partial charge in [-0.3, -0.25) is 4.90 Å². The van der Waals surface area contributed by atoms with Crippen LogP contribution in [0, 0.1) is 0 Å². The quantitative estimate of drug-likeness (QED) is 0.822. The van der Waals surface area contributed by atoms with Gasteiger partial charge in [0.2, 0.25) is 5.89 Å². The van der Waals surface area contributed by atoms with Crippen LogP contribution in [-0.2, 0) is 22.2 Å². The summed E-state index contributed by atoms with van der Waals surface area (Å²) < 4.78 is 52.8. The molecule has 0 atom stereocenters. The Kier molecular flexibility index (Phi) is 3.43. The van der Waals surface area contributed by atoms with Crippen molar-refractivity contribution in [1.82, 2.24) is 15.1 Å². The molecule has 2 aliphatic heterocycles. The fraction of sp³-hybridized carbons (Fsp3) is 0.818. The second-order valence-corrected chi connectivity index (χ2v) is 4.88. The summed E-state index contributed by atoms with van der Waals surface area (Å²) in [4.78, 5) is 1.95. The highest BCUT2D eigenvalue weighted by Gasteiger charge is 2.41. The van der Waals surface area contributed by atoms with Crippen molar-refractivity contribution in [2.75, 3.05) is 26.3 Å². The number of hydrogen-bond acceptors (Lipinski definition) is 6. The first-order chi connectivity index (χ1) is 9.47. The standard InChI is InChI=1S/C11H14F3N3O3/c12-11(13,14)9-16-15-8(20-9)7-17-3-1-10(2-4-17)18-5-6-19-10/h1-7H2. The number of hydrogen-bond donors (Lipinski definition) is 0. The van der Waals surface area contributed by atoms with Gasteiger partial charge in [0.1, 0.15) is 0 Å². The lowest BCUT2D eigenvalue weighted by Crippen LogP contribution is -2.44. The molecule has 0 saturated carbocycles. The summed E-state index contributed by atoms with van der Waals surface area (Å²) in [5, 5.41) is 6.43. The molecule has 0 radical (unpaired) electrons. The van der Waals surface area contributed by atoms with E-state index in [0.717, 1.165) is 0 Å². The number of piperidine rings is 1. The van der Waals surface area contributed by atoms with Crippen LogP contribution in [-0.4, -0.2) is 47.2 Å². The van der Waals surface area contributed by atoms with E-state index in [0.29, 0.717) is 39.1 Å². The lowest BCUT2D eigenvalue weighted by atomic mass is 10.0. The zero-order valence-electron chi connectivity index (χ0n) is 10.7. The highest BCUT2D eigenvalue weighted by molar-refractivity contribution is 4.88. The molecule has 6 nitrogen and oxygen atoms in total. The van der Waals surface area contributed by atoms with E-state index in [2.05, 4.69) is 14.6 Å². The van der Waals surface area contributed by atoms with Gasteiger partial charge in [-0.1, -0.05) is 0 Å². The summed E-state index contributed by atoms with van der Waals surface area (Å²) in [6.07, 6.45) is -3.22. The van der Waals surface area contributed by atoms with E-state index in [1.807, 2.05) is 4.90 Å². The maximum absolute atomic E-state index is 12.3. The molecule has 1 aromatic rings. The lowest BCUT2D eigenvalue weighted by Gasteiger charge is -2.36. The number of aromatic nitrogens is 2. The van der Waals surface area contributed by atoms with Crippen molar-refractivity contribution in [2.24, 2.45) is 0 Å². The van der Waals surface area contributed by atoms with Crippen molar-refractivity contribution in [3.63, 3.8) is 0 Å². The topological polar surface area (TPSA) is 60.6 Å². The summed E-state index contributed by atoms with van der Waals surface area (Å²) >= 11 is 0. The molecule has 20 heavy (non-hydrogen) atoms. The lowest BCUT2D eigenvalue weighted by molar-refractivity contribution is -0.186. The fourth-order valence-electron chi connectivity index (χ4n) is 2.46. The highest BCUT2D eigenvalue weighted by Crippen LogP contribution is 2.32. The Hall–Kier alpha value is -1.19. The summed E-state index contributed by atoms with van der Waals surface area (Å²) in [6, 6.07) is 0. The average Bonchev–Trinajstić information content (AvgIpc) is 3.01. The number of ether oxygens (including phenoxy) is 2. The van der Waals surface area contributed by atoms with E-state index in [9.17, 15) is 13.2 Å². The predicted octanol–water partition coefficient (Wildman–Crippen LogP) is 1.43. The molecule has 0 amide bonds. The molecule has 1 spiro atoms. The van der Waals surface area contributed by atoms with Gasteiger partial charge in [0.05, 0.1) is 19.8 Å². The van der Waals surface area contributed by atoms with E-state index in [4.69, 9.17) is 9.47 Å². The van der Waals surface area contributed by atoms with Gasteiger partial charge in [-0.15, -0.1) is 10.2 Å². The van der Waals surface area contributed by atoms with Crippen molar-refractivity contribution in [2.45, 2.75) is 31.3 Å². The van der Waals surface area contributed by atoms with Gasteiger partial charge in [0.25, 0.3) is 0 Å². The summed E-state index contributed by atoms with van der Waals surface area (Å²) in [6.45, 7) is 2.71. The van der Waals surface area contributed by atoms with Crippen LogP contribution in [0.15, 0.2) is 4.42 Å². The van der Waals surface area contributed by atoms with Crippen LogP contribution in [0.25, 0.3) is 0 Å². The second-order valence-electron chi connectivity index (χ2n) is 4.88. The third kappa shape index (κ3) is 2.79. The maximum atomic E-state index is 12.3. The molecule has 2 saturated heterocycles. The largest absolute Gasteiger partial charge is 0.470 e. The van der Waals surface area contributed by atoms with E-state index < -0.39 is 17.9 Å². The minimum atomic E-state index is -4.59. The fourth-order valence-corrected chi connectivity index (χ4v) is 2.46. The first kappa shape index (κ1) is 13.8. The van der Waals surface area contributed by atoms with Crippen molar-refractivity contribution >= 4 is 0 Å². The molecule has 0 N–H and O–H groups in total. The Balaban J connectivity index is 1.56. The van der Waals surface area contributed by atoms with Gasteiger partial charge in [0, 0.05) is 25.9 Å². The Morgan fingerprint density at radius 3 is 2.30 bits per heavy atom. The molecule has 0 bridgehead atoms. The summed E-state index contributed by atoms with van der Waals surface area (Å²) in [5.41, 5.74) is 0. The molecule has 0 unspecified atom stereocenters. The molecule has 2 aliphatic rings. The van der Waals surface area contributed by atoms with Crippen molar-refractivity contribution in [3.8, 4) is 0 Å². The number of rotatable bonds is 2. The average molecular weight is 293 g/mol. The molecule has 3 heterocycles. The van der Waals surface area contributed by atoms with Crippen LogP contribution in [0.3, 0.4) is 0 Å². The number of alkyl halides is 3. The number of nitrogens with zero attached hydrogens (tertiary/aromatic N) is 3. The molecule has 112 valence electrons. The third-order valence-corrected chi connectivity index (χ3v) is 3.50. The normalized spacial score (nSPS) is 23.6. The SMILES string of the molecule is FC(F)(F)c1nnc(CN2CCC3(CC2)OCCO3)o1. The van der Waals surface area contributed by atoms with Crippen LogP contribution < -0.4 is 0 Å². The van der Waals surface area contributed by atoms with Crippen molar-refractivity contribution < 1.29 is 27.1 Å². The van der Waals surface area contributed by atoms with Gasteiger partial charge < -0.3 is 13.9 Å². The minimum absolute atomic E-state index is 0.0264. The minimum Gasteiger partial charge on any atom is -0.416 e. The maximum Gasteiger partial charge on any atom is 0.470 e. The molecule has 3 rings (SSSR count). The predicted molar refractivity (Wildman–Crippen MR) is 58.4 cm³/mol. The molecule has 0 aliphatic carbocycles. The highest BCUT2D eigenvalue weighted by atomic mass is 19.4. The number of likely N-dealkylation sites (tertiary alicyclic amines) is 1. The molecular formula is C11H14F3N3O3. The van der Waals surface area contributed by atoms with Crippen LogP contribution in [0.1, 0.15) is 24.6 Å². The Labute approximate surface area is 112 Å². The first-order valence-corrected chi connectivity index (χ1v) is 6.37. The van der Waals surface area contributed by atoms with Crippen LogP contribution >= 0.6 is 0 Å². The summed E-state index contributed by atoms with van der Waals surface area (Å²) in [5.74, 6) is -1.83. The Morgan fingerprint density at radius 2 is 1.75 bits per heavy atom. The second kappa shape index (κ2) is 4.97. The van der Waals surface area contributed by atoms with Gasteiger partial charge in [0.15, 0.2) is 5.79 Å². The first-order valence-electron chi connectivity index (χ1n) is 6.37. The summed E-state index contributed by atoms with van der Waals surface area (Å²) in [7, 11) is 0. The van der Waals surface area contributed by atoms with E-state index >= 15 is 0 Å². The van der Waals surface area contributed by atoms with Crippen LogP contribution in [0.4, 0.5) is 13.2 Å². The smallest absolute Gasteiger partial charge is 0.416 e. The van der Waals surface area contributed by atoms with Crippen LogP contribution in [0.5, 0.6) is 0 Å². The molecule has 1 aromatic heterocycles. The molecular weight excluding hydrogens is 279 g/mol. The van der Waals surface area contributed by atoms with E-state index in [-0.39, 0.29) is 12.4 Å². The Bertz CT molecular complexity index is 461. The third-order valence-electron chi connectivity index (χ3n) is 3.50. The van der Waals surface area contributed by atoms with Crippen molar-refractivity contribution in [1.29, 1.82) is 0 Å². The van der Waals surface area contributed by atoms with Gasteiger partial charge in [-0.2, -0.15) is 13.2 Å². The number of halogens is 3. The van der Waals surface area contributed by atoms with E-state index in [1.165, 1.54) is 0 Å². The van der Waals surface area contributed by atoms with Gasteiger partial charge >= 0.3 is 12.1 Å². The van der Waals surface area contributed by atoms with Crippen molar-refractivity contribution in [3.05, 3.63) is 11.8 Å².